The van der Waals surface area contributed by atoms with Gasteiger partial charge in [0.1, 0.15) is 0 Å². The Morgan fingerprint density at radius 1 is 1.00 bits per heavy atom. The summed E-state index contributed by atoms with van der Waals surface area (Å²) >= 11 is 0. The molecule has 0 aliphatic carbocycles. The number of anilines is 1. The van der Waals surface area contributed by atoms with Gasteiger partial charge in [0.05, 0.1) is 42.9 Å². The van der Waals surface area contributed by atoms with Gasteiger partial charge in [0.25, 0.3) is 0 Å². The molecule has 0 N–H and O–H groups in total. The van der Waals surface area contributed by atoms with Crippen LogP contribution >= 0.6 is 0 Å². The van der Waals surface area contributed by atoms with E-state index in [2.05, 4.69) is 6.07 Å². The van der Waals surface area contributed by atoms with Gasteiger partial charge in [-0.25, -0.2) is 0 Å². The average molecular weight is 480 g/mol. The summed E-state index contributed by atoms with van der Waals surface area (Å²) in [5, 5.41) is 9.36. The third kappa shape index (κ3) is 4.80. The Morgan fingerprint density at radius 2 is 1.66 bits per heavy atom. The summed E-state index contributed by atoms with van der Waals surface area (Å²) in [6.45, 7) is 4.47. The van der Waals surface area contributed by atoms with Crippen LogP contribution in [0.2, 0.25) is 0 Å². The van der Waals surface area contributed by atoms with Gasteiger partial charge in [-0.05, 0) is 73.0 Å². The van der Waals surface area contributed by atoms with E-state index in [1.54, 1.807) is 36.4 Å². The van der Waals surface area contributed by atoms with Gasteiger partial charge in [-0.2, -0.15) is 18.4 Å². The second kappa shape index (κ2) is 9.71. The number of rotatable bonds is 6. The Bertz CT molecular complexity index is 1280. The van der Waals surface area contributed by atoms with Gasteiger partial charge in [0, 0.05) is 5.69 Å². The second-order valence-electron chi connectivity index (χ2n) is 7.99. The van der Waals surface area contributed by atoms with Crippen LogP contribution in [0.25, 0.3) is 0 Å². The van der Waals surface area contributed by atoms with Crippen LogP contribution in [0.4, 0.5) is 18.9 Å². The minimum Gasteiger partial charge on any atom is -0.490 e. The van der Waals surface area contributed by atoms with Crippen LogP contribution < -0.4 is 14.4 Å². The van der Waals surface area contributed by atoms with Gasteiger partial charge in [-0.3, -0.25) is 4.79 Å². The van der Waals surface area contributed by atoms with Crippen molar-refractivity contribution >= 4 is 11.6 Å². The Hall–Kier alpha value is -3.99. The second-order valence-corrected chi connectivity index (χ2v) is 7.99. The SMILES string of the molecule is CCOc1cc2c(cc1OCC)C(c1ccc(C(F)(F)F)cc1)N(c1cccc(C#N)c1)C(=O)C2. The van der Waals surface area contributed by atoms with Crippen molar-refractivity contribution in [2.24, 2.45) is 0 Å². The minimum atomic E-state index is -4.48. The number of benzene rings is 3. The lowest BCUT2D eigenvalue weighted by molar-refractivity contribution is -0.137. The molecule has 5 nitrogen and oxygen atoms in total. The zero-order valence-electron chi connectivity index (χ0n) is 19.2. The minimum absolute atomic E-state index is 0.0652. The fraction of sp³-hybridized carbons (Fsp3) is 0.259. The van der Waals surface area contributed by atoms with Gasteiger partial charge in [0.15, 0.2) is 11.5 Å². The van der Waals surface area contributed by atoms with Crippen LogP contribution in [-0.2, 0) is 17.4 Å². The first-order valence-corrected chi connectivity index (χ1v) is 11.2. The van der Waals surface area contributed by atoms with Gasteiger partial charge < -0.3 is 14.4 Å². The lowest BCUT2D eigenvalue weighted by atomic mass is 9.86. The zero-order valence-corrected chi connectivity index (χ0v) is 19.2. The summed E-state index contributed by atoms with van der Waals surface area (Å²) in [6, 6.07) is 16.3. The van der Waals surface area contributed by atoms with E-state index < -0.39 is 17.8 Å². The topological polar surface area (TPSA) is 62.6 Å². The monoisotopic (exact) mass is 480 g/mol. The Labute approximate surface area is 201 Å². The molecule has 4 rings (SSSR count). The van der Waals surface area contributed by atoms with Gasteiger partial charge in [-0.15, -0.1) is 0 Å². The van der Waals surface area contributed by atoms with Crippen molar-refractivity contribution in [3.05, 3.63) is 88.5 Å². The van der Waals surface area contributed by atoms with Crippen molar-refractivity contribution in [3.63, 3.8) is 0 Å². The molecule has 1 heterocycles. The fourth-order valence-corrected chi connectivity index (χ4v) is 4.29. The molecule has 0 saturated carbocycles. The molecule has 0 aromatic heterocycles. The molecule has 0 radical (unpaired) electrons. The molecule has 0 spiro atoms. The molecule has 1 aliphatic rings. The molecule has 1 atom stereocenters. The van der Waals surface area contributed by atoms with E-state index in [0.29, 0.717) is 47.1 Å². The number of fused-ring (bicyclic) bond motifs is 1. The van der Waals surface area contributed by atoms with Crippen molar-refractivity contribution in [1.82, 2.24) is 0 Å². The molecule has 0 saturated heterocycles. The molecule has 1 amide bonds. The lowest BCUT2D eigenvalue weighted by Gasteiger charge is -2.38. The van der Waals surface area contributed by atoms with Crippen molar-refractivity contribution in [2.45, 2.75) is 32.5 Å². The number of alkyl halides is 3. The maximum atomic E-state index is 13.4. The summed E-state index contributed by atoms with van der Waals surface area (Å²) in [4.78, 5) is 15.0. The first kappa shape index (κ1) is 24.1. The third-order valence-electron chi connectivity index (χ3n) is 5.78. The molecule has 3 aromatic carbocycles. The van der Waals surface area contributed by atoms with Crippen molar-refractivity contribution in [1.29, 1.82) is 5.26 Å². The van der Waals surface area contributed by atoms with Crippen molar-refractivity contribution in [3.8, 4) is 17.6 Å². The number of carbonyl (C=O) groups excluding carboxylic acids is 1. The summed E-state index contributed by atoms with van der Waals surface area (Å²) < 4.78 is 51.2. The number of hydrogen-bond acceptors (Lipinski definition) is 4. The highest BCUT2D eigenvalue weighted by atomic mass is 19.4. The predicted octanol–water partition coefficient (Wildman–Crippen LogP) is 6.05. The lowest BCUT2D eigenvalue weighted by Crippen LogP contribution is -2.41. The van der Waals surface area contributed by atoms with Crippen LogP contribution in [0.5, 0.6) is 11.5 Å². The Kier molecular flexibility index (Phi) is 6.70. The van der Waals surface area contributed by atoms with E-state index >= 15 is 0 Å². The molecule has 1 aliphatic heterocycles. The summed E-state index contributed by atoms with van der Waals surface area (Å²) in [7, 11) is 0. The highest BCUT2D eigenvalue weighted by Crippen LogP contribution is 2.44. The third-order valence-corrected chi connectivity index (χ3v) is 5.78. The number of amides is 1. The highest BCUT2D eigenvalue weighted by Gasteiger charge is 2.37. The maximum absolute atomic E-state index is 13.4. The largest absolute Gasteiger partial charge is 0.490 e. The van der Waals surface area contributed by atoms with E-state index in [4.69, 9.17) is 9.47 Å². The van der Waals surface area contributed by atoms with Crippen LogP contribution in [-0.4, -0.2) is 19.1 Å². The zero-order chi connectivity index (χ0) is 25.2. The first-order chi connectivity index (χ1) is 16.8. The smallest absolute Gasteiger partial charge is 0.416 e. The van der Waals surface area contributed by atoms with E-state index in [9.17, 15) is 23.2 Å². The Morgan fingerprint density at radius 3 is 2.26 bits per heavy atom. The van der Waals surface area contributed by atoms with Gasteiger partial charge in [0.2, 0.25) is 5.91 Å². The average Bonchev–Trinajstić information content (AvgIpc) is 2.84. The van der Waals surface area contributed by atoms with Crippen LogP contribution in [0.1, 0.15) is 47.7 Å². The van der Waals surface area contributed by atoms with Gasteiger partial charge in [-0.1, -0.05) is 18.2 Å². The summed E-state index contributed by atoms with van der Waals surface area (Å²) in [5.41, 5.74) is 2.01. The molecule has 180 valence electrons. The first-order valence-electron chi connectivity index (χ1n) is 11.2. The fourth-order valence-electron chi connectivity index (χ4n) is 4.29. The van der Waals surface area contributed by atoms with Crippen LogP contribution in [0.3, 0.4) is 0 Å². The number of nitrogens with zero attached hydrogens (tertiary/aromatic N) is 2. The molecule has 0 fully saturated rings. The summed E-state index contributed by atoms with van der Waals surface area (Å²) in [5.74, 6) is 0.751. The number of hydrogen-bond donors (Lipinski definition) is 0. The molecule has 1 unspecified atom stereocenters. The Balaban J connectivity index is 1.93. The van der Waals surface area contributed by atoms with Crippen molar-refractivity contribution in [2.75, 3.05) is 18.1 Å². The molecule has 0 bridgehead atoms. The predicted molar refractivity (Wildman–Crippen MR) is 124 cm³/mol. The normalized spacial score (nSPS) is 15.4. The number of ether oxygens (including phenoxy) is 2. The van der Waals surface area contributed by atoms with E-state index in [-0.39, 0.29) is 12.3 Å². The van der Waals surface area contributed by atoms with Crippen LogP contribution in [0.15, 0.2) is 60.7 Å². The maximum Gasteiger partial charge on any atom is 0.416 e. The van der Waals surface area contributed by atoms with Gasteiger partial charge >= 0.3 is 6.18 Å². The van der Waals surface area contributed by atoms with E-state index in [1.807, 2.05) is 13.8 Å². The molecular formula is C27H23F3N2O3. The number of halogens is 3. The standard InChI is InChI=1S/C27H23F3N2O3/c1-3-34-23-13-19-14-25(33)32(21-7-5-6-17(12-21)16-31)26(22(19)15-24(23)35-4-2)18-8-10-20(11-9-18)27(28,29)30/h5-13,15,26H,3-4,14H2,1-2H3. The number of carbonyl (C=O) groups is 1. The molecular weight excluding hydrogens is 457 g/mol. The van der Waals surface area contributed by atoms with E-state index in [0.717, 1.165) is 17.7 Å². The number of nitriles is 1. The van der Waals surface area contributed by atoms with Crippen LogP contribution in [0, 0.1) is 11.3 Å². The molecule has 8 heteroatoms. The van der Waals surface area contributed by atoms with Crippen molar-refractivity contribution < 1.29 is 27.4 Å². The van der Waals surface area contributed by atoms with E-state index in [1.165, 1.54) is 17.0 Å². The quantitative estimate of drug-likeness (QED) is 0.431. The molecule has 3 aromatic rings. The summed E-state index contributed by atoms with van der Waals surface area (Å²) in [6.07, 6.45) is -4.41. The highest BCUT2D eigenvalue weighted by molar-refractivity contribution is 5.98. The molecule has 35 heavy (non-hydrogen) atoms.